The second-order valence-electron chi connectivity index (χ2n) is 6.93. The Labute approximate surface area is 192 Å². The Morgan fingerprint density at radius 3 is 2.25 bits per heavy atom. The lowest BCUT2D eigenvalue weighted by Gasteiger charge is -2.31. The molecule has 1 heterocycles. The summed E-state index contributed by atoms with van der Waals surface area (Å²) in [5.41, 5.74) is 2.44. The summed E-state index contributed by atoms with van der Waals surface area (Å²) in [6, 6.07) is 10.1. The average Bonchev–Trinajstić information content (AvgIpc) is 2.78. The minimum atomic E-state index is -0.568. The fourth-order valence-electron chi connectivity index (χ4n) is 3.51. The van der Waals surface area contributed by atoms with Crippen LogP contribution in [0.3, 0.4) is 0 Å². The van der Waals surface area contributed by atoms with Crippen molar-refractivity contribution in [3.8, 4) is 23.0 Å². The number of rotatable bonds is 8. The van der Waals surface area contributed by atoms with E-state index in [-0.39, 0.29) is 5.91 Å². The van der Waals surface area contributed by atoms with Crippen LogP contribution < -0.4 is 34.9 Å². The zero-order valence-corrected chi connectivity index (χ0v) is 19.5. The summed E-state index contributed by atoms with van der Waals surface area (Å²) < 4.78 is 21.9. The van der Waals surface area contributed by atoms with Gasteiger partial charge in [-0.1, -0.05) is 0 Å². The average molecular weight is 458 g/mol. The number of allylic oxidation sites excluding steroid dienone is 1. The van der Waals surface area contributed by atoms with E-state index in [2.05, 4.69) is 16.0 Å². The van der Waals surface area contributed by atoms with E-state index in [1.165, 1.54) is 0 Å². The first-order chi connectivity index (χ1) is 15.4. The van der Waals surface area contributed by atoms with Crippen LogP contribution in [0.15, 0.2) is 47.7 Å². The molecule has 0 bridgehead atoms. The lowest BCUT2D eigenvalue weighted by atomic mass is 9.93. The number of carbonyl (C=O) groups excluding carboxylic acids is 1. The molecule has 0 unspecified atom stereocenters. The van der Waals surface area contributed by atoms with Gasteiger partial charge in [-0.05, 0) is 56.4 Å². The maximum atomic E-state index is 13.3. The quantitative estimate of drug-likeness (QED) is 0.519. The summed E-state index contributed by atoms with van der Waals surface area (Å²) in [5, 5.41) is 9.55. The van der Waals surface area contributed by atoms with Crippen molar-refractivity contribution >= 4 is 28.9 Å². The molecule has 0 spiro atoms. The summed E-state index contributed by atoms with van der Waals surface area (Å²) >= 11 is 5.36. The van der Waals surface area contributed by atoms with Crippen molar-refractivity contribution < 1.29 is 23.7 Å². The Morgan fingerprint density at radius 2 is 1.66 bits per heavy atom. The number of hydrogen-bond donors (Lipinski definition) is 3. The highest BCUT2D eigenvalue weighted by Crippen LogP contribution is 2.40. The highest BCUT2D eigenvalue weighted by atomic mass is 32.1. The molecular weight excluding hydrogens is 430 g/mol. The number of thiocarbonyl (C=S) groups is 1. The van der Waals surface area contributed by atoms with Crippen molar-refractivity contribution in [2.45, 2.75) is 19.9 Å². The number of benzene rings is 2. The molecule has 8 nitrogen and oxygen atoms in total. The molecule has 3 N–H and O–H groups in total. The van der Waals surface area contributed by atoms with E-state index >= 15 is 0 Å². The highest BCUT2D eigenvalue weighted by Gasteiger charge is 2.33. The molecule has 32 heavy (non-hydrogen) atoms. The molecule has 170 valence electrons. The molecule has 9 heteroatoms. The van der Waals surface area contributed by atoms with Crippen LogP contribution in [0.2, 0.25) is 0 Å². The number of hydrogen-bond acceptors (Lipinski definition) is 6. The predicted octanol–water partition coefficient (Wildman–Crippen LogP) is 3.54. The Morgan fingerprint density at radius 1 is 1.03 bits per heavy atom. The van der Waals surface area contributed by atoms with E-state index in [4.69, 9.17) is 31.2 Å². The van der Waals surface area contributed by atoms with Crippen LogP contribution in [0.4, 0.5) is 5.69 Å². The topological polar surface area (TPSA) is 90.1 Å². The number of methoxy groups -OCH3 is 3. The summed E-state index contributed by atoms with van der Waals surface area (Å²) in [5.74, 6) is 2.02. The van der Waals surface area contributed by atoms with E-state index in [9.17, 15) is 4.79 Å². The van der Waals surface area contributed by atoms with E-state index in [1.807, 2.05) is 19.1 Å². The van der Waals surface area contributed by atoms with E-state index in [1.54, 1.807) is 52.5 Å². The van der Waals surface area contributed by atoms with Gasteiger partial charge in [-0.2, -0.15) is 0 Å². The molecule has 0 aliphatic carbocycles. The number of ether oxygens (including phenoxy) is 4. The second kappa shape index (κ2) is 10.2. The van der Waals surface area contributed by atoms with Crippen LogP contribution in [-0.2, 0) is 4.79 Å². The number of carbonyl (C=O) groups is 1. The molecule has 1 aliphatic rings. The molecule has 3 rings (SSSR count). The molecule has 1 aliphatic heterocycles. The van der Waals surface area contributed by atoms with Crippen LogP contribution in [0, 0.1) is 0 Å². The second-order valence-corrected chi connectivity index (χ2v) is 7.34. The SMILES string of the molecule is CCOc1ccc(NC(=O)C2=C(C)NC(=S)N[C@@H]2c2cc(OC)c(OC)cc2OC)cc1. The zero-order valence-electron chi connectivity index (χ0n) is 18.7. The van der Waals surface area contributed by atoms with E-state index < -0.39 is 6.04 Å². The van der Waals surface area contributed by atoms with Crippen LogP contribution in [0.5, 0.6) is 23.0 Å². The number of amides is 1. The molecular formula is C23H27N3O5S. The Hall–Kier alpha value is -3.46. The molecule has 1 atom stereocenters. The Bertz CT molecular complexity index is 1040. The largest absolute Gasteiger partial charge is 0.496 e. The van der Waals surface area contributed by atoms with Gasteiger partial charge in [-0.25, -0.2) is 0 Å². The van der Waals surface area contributed by atoms with Crippen molar-refractivity contribution in [2.24, 2.45) is 0 Å². The van der Waals surface area contributed by atoms with Crippen molar-refractivity contribution in [1.29, 1.82) is 0 Å². The van der Waals surface area contributed by atoms with Gasteiger partial charge in [0.15, 0.2) is 16.6 Å². The maximum Gasteiger partial charge on any atom is 0.255 e. The predicted molar refractivity (Wildman–Crippen MR) is 127 cm³/mol. The van der Waals surface area contributed by atoms with Crippen molar-refractivity contribution in [2.75, 3.05) is 33.3 Å². The number of nitrogens with one attached hydrogen (secondary N) is 3. The number of anilines is 1. The van der Waals surface area contributed by atoms with Gasteiger partial charge in [0.25, 0.3) is 5.91 Å². The van der Waals surface area contributed by atoms with Gasteiger partial charge >= 0.3 is 0 Å². The molecule has 0 fully saturated rings. The minimum absolute atomic E-state index is 0.281. The monoisotopic (exact) mass is 457 g/mol. The van der Waals surface area contributed by atoms with Crippen molar-refractivity contribution in [3.05, 3.63) is 53.2 Å². The first-order valence-electron chi connectivity index (χ1n) is 10.0. The van der Waals surface area contributed by atoms with E-state index in [0.717, 1.165) is 5.75 Å². The fraction of sp³-hybridized carbons (Fsp3) is 0.304. The third kappa shape index (κ3) is 4.88. The van der Waals surface area contributed by atoms with E-state index in [0.29, 0.717) is 51.5 Å². The standard InChI is InChI=1S/C23H27N3O5S/c1-6-31-15-9-7-14(8-10-15)25-22(27)20-13(2)24-23(32)26-21(20)16-11-18(29-4)19(30-5)12-17(16)28-3/h7-12,21H,6H2,1-5H3,(H,25,27)(H2,24,26,32)/t21-/m1/s1. The van der Waals surface area contributed by atoms with Crippen LogP contribution >= 0.6 is 12.2 Å². The molecule has 0 aromatic heterocycles. The first-order valence-corrected chi connectivity index (χ1v) is 10.4. The Balaban J connectivity index is 1.99. The normalized spacial score (nSPS) is 15.4. The Kier molecular flexibility index (Phi) is 7.42. The van der Waals surface area contributed by atoms with Crippen molar-refractivity contribution in [1.82, 2.24) is 10.6 Å². The highest BCUT2D eigenvalue weighted by molar-refractivity contribution is 7.80. The van der Waals surface area contributed by atoms with Crippen LogP contribution in [0.25, 0.3) is 0 Å². The zero-order chi connectivity index (χ0) is 23.3. The molecule has 0 saturated carbocycles. The third-order valence-corrected chi connectivity index (χ3v) is 5.20. The summed E-state index contributed by atoms with van der Waals surface area (Å²) in [6.07, 6.45) is 0. The third-order valence-electron chi connectivity index (χ3n) is 4.98. The van der Waals surface area contributed by atoms with Gasteiger partial charge in [0.05, 0.1) is 39.6 Å². The molecule has 0 saturated heterocycles. The molecule has 2 aromatic rings. The lowest BCUT2D eigenvalue weighted by molar-refractivity contribution is -0.113. The van der Waals surface area contributed by atoms with Gasteiger partial charge in [0.2, 0.25) is 0 Å². The lowest BCUT2D eigenvalue weighted by Crippen LogP contribution is -2.45. The van der Waals surface area contributed by atoms with Gasteiger partial charge in [0, 0.05) is 23.0 Å². The van der Waals surface area contributed by atoms with Gasteiger partial charge in [0.1, 0.15) is 11.5 Å². The molecule has 0 radical (unpaired) electrons. The first kappa shape index (κ1) is 23.2. The van der Waals surface area contributed by atoms with Crippen molar-refractivity contribution in [3.63, 3.8) is 0 Å². The molecule has 1 amide bonds. The fourth-order valence-corrected chi connectivity index (χ4v) is 3.78. The molecule has 2 aromatic carbocycles. The van der Waals surface area contributed by atoms with Crippen LogP contribution in [0.1, 0.15) is 25.5 Å². The maximum absolute atomic E-state index is 13.3. The van der Waals surface area contributed by atoms with Gasteiger partial charge in [-0.3, -0.25) is 4.79 Å². The smallest absolute Gasteiger partial charge is 0.255 e. The van der Waals surface area contributed by atoms with Crippen LogP contribution in [-0.4, -0.2) is 39.0 Å². The summed E-state index contributed by atoms with van der Waals surface area (Å²) in [4.78, 5) is 13.3. The van der Waals surface area contributed by atoms with Gasteiger partial charge in [-0.15, -0.1) is 0 Å². The minimum Gasteiger partial charge on any atom is -0.496 e. The summed E-state index contributed by atoms with van der Waals surface area (Å²) in [6.45, 7) is 4.30. The summed E-state index contributed by atoms with van der Waals surface area (Å²) in [7, 11) is 4.66. The van der Waals surface area contributed by atoms with Gasteiger partial charge < -0.3 is 34.9 Å².